The van der Waals surface area contributed by atoms with Crippen molar-refractivity contribution < 1.29 is 12.8 Å². The van der Waals surface area contributed by atoms with E-state index in [0.717, 1.165) is 19.0 Å². The number of hydrogen-bond acceptors (Lipinski definition) is 4. The average Bonchev–Trinajstić information content (AvgIpc) is 2.32. The van der Waals surface area contributed by atoms with E-state index < -0.39 is 15.8 Å². The predicted octanol–water partition coefficient (Wildman–Crippen LogP) is 1.73. The summed E-state index contributed by atoms with van der Waals surface area (Å²) in [5.41, 5.74) is 0.416. The molecule has 20 heavy (non-hydrogen) atoms. The molecule has 2 N–H and O–H groups in total. The summed E-state index contributed by atoms with van der Waals surface area (Å²) < 4.78 is 37.8. The van der Waals surface area contributed by atoms with Gasteiger partial charge in [-0.25, -0.2) is 17.8 Å². The lowest BCUT2D eigenvalue weighted by atomic mass is 10.2. The molecule has 0 heterocycles. The predicted molar refractivity (Wildman–Crippen MR) is 77.4 cm³/mol. The van der Waals surface area contributed by atoms with Gasteiger partial charge in [-0.1, -0.05) is 18.5 Å². The quantitative estimate of drug-likeness (QED) is 0.592. The highest BCUT2D eigenvalue weighted by atomic mass is 35.5. The van der Waals surface area contributed by atoms with Gasteiger partial charge in [0.1, 0.15) is 5.82 Å². The molecule has 0 fully saturated rings. The van der Waals surface area contributed by atoms with E-state index in [1.807, 2.05) is 6.92 Å². The van der Waals surface area contributed by atoms with Crippen molar-refractivity contribution in [2.75, 3.05) is 20.6 Å². The van der Waals surface area contributed by atoms with Gasteiger partial charge in [0, 0.05) is 20.6 Å². The highest BCUT2D eigenvalue weighted by Crippen LogP contribution is 2.24. The van der Waals surface area contributed by atoms with Crippen LogP contribution in [0.15, 0.2) is 17.0 Å². The molecule has 1 rings (SSSR count). The molecule has 0 aliphatic carbocycles. The number of benzene rings is 1. The summed E-state index contributed by atoms with van der Waals surface area (Å²) in [5.74, 6) is -0.749. The van der Waals surface area contributed by atoms with Crippen LogP contribution in [0.4, 0.5) is 4.39 Å². The van der Waals surface area contributed by atoms with Crippen LogP contribution in [0.25, 0.3) is 0 Å². The van der Waals surface area contributed by atoms with Gasteiger partial charge in [0.25, 0.3) is 10.0 Å². The van der Waals surface area contributed by atoms with Crippen molar-refractivity contribution >= 4 is 21.6 Å². The Morgan fingerprint density at radius 3 is 2.55 bits per heavy atom. The SMILES string of the molecule is CCCNCc1cc(S(=O)(=O)NN(C)C)cc(F)c1Cl. The maximum absolute atomic E-state index is 13.8. The molecule has 0 atom stereocenters. The molecule has 0 aromatic heterocycles. The minimum Gasteiger partial charge on any atom is -0.313 e. The molecule has 0 bridgehead atoms. The van der Waals surface area contributed by atoms with Crippen LogP contribution >= 0.6 is 11.6 Å². The summed E-state index contributed by atoms with van der Waals surface area (Å²) >= 11 is 5.86. The normalized spacial score (nSPS) is 12.1. The third-order valence-electron chi connectivity index (χ3n) is 2.43. The van der Waals surface area contributed by atoms with Crippen LogP contribution in [0.2, 0.25) is 5.02 Å². The molecule has 0 unspecified atom stereocenters. The van der Waals surface area contributed by atoms with Gasteiger partial charge in [0.05, 0.1) is 9.92 Å². The lowest BCUT2D eigenvalue weighted by Gasteiger charge is -2.14. The first-order valence-electron chi connectivity index (χ1n) is 6.16. The van der Waals surface area contributed by atoms with Crippen LogP contribution < -0.4 is 10.1 Å². The molecule has 114 valence electrons. The molecular weight excluding hydrogens is 305 g/mol. The average molecular weight is 324 g/mol. The standard InChI is InChI=1S/C12H19ClFN3O2S/c1-4-5-15-8-9-6-10(7-11(14)12(9)13)20(18,19)16-17(2)3/h6-7,15-16H,4-5,8H2,1-3H3. The minimum atomic E-state index is -3.80. The molecule has 1 aromatic rings. The second kappa shape index (κ2) is 7.33. The summed E-state index contributed by atoms with van der Waals surface area (Å²) in [4.78, 5) is 2.10. The van der Waals surface area contributed by atoms with Crippen LogP contribution in [0, 0.1) is 5.82 Å². The van der Waals surface area contributed by atoms with E-state index >= 15 is 0 Å². The van der Waals surface area contributed by atoms with E-state index in [2.05, 4.69) is 10.1 Å². The maximum atomic E-state index is 13.8. The Morgan fingerprint density at radius 1 is 1.35 bits per heavy atom. The van der Waals surface area contributed by atoms with E-state index in [-0.39, 0.29) is 9.92 Å². The molecule has 5 nitrogen and oxygen atoms in total. The Hall–Kier alpha value is -0.730. The summed E-state index contributed by atoms with van der Waals surface area (Å²) in [5, 5.41) is 4.28. The number of hydrogen-bond donors (Lipinski definition) is 2. The Kier molecular flexibility index (Phi) is 6.35. The van der Waals surface area contributed by atoms with Gasteiger partial charge in [0.2, 0.25) is 0 Å². The number of nitrogens with zero attached hydrogens (tertiary/aromatic N) is 1. The lowest BCUT2D eigenvalue weighted by Crippen LogP contribution is -2.36. The van der Waals surface area contributed by atoms with Crippen molar-refractivity contribution in [1.82, 2.24) is 15.2 Å². The van der Waals surface area contributed by atoms with Crippen LogP contribution in [-0.4, -0.2) is 34.1 Å². The zero-order valence-electron chi connectivity index (χ0n) is 11.7. The molecule has 1 aromatic carbocycles. The third kappa shape index (κ3) is 4.68. The zero-order chi connectivity index (χ0) is 15.3. The summed E-state index contributed by atoms with van der Waals surface area (Å²) in [6.07, 6.45) is 0.917. The van der Waals surface area contributed by atoms with Crippen LogP contribution in [0.3, 0.4) is 0 Å². The maximum Gasteiger partial charge on any atom is 0.253 e. The van der Waals surface area contributed by atoms with E-state index in [9.17, 15) is 12.8 Å². The highest BCUT2D eigenvalue weighted by molar-refractivity contribution is 7.89. The Balaban J connectivity index is 3.10. The van der Waals surface area contributed by atoms with Gasteiger partial charge in [-0.2, -0.15) is 0 Å². The van der Waals surface area contributed by atoms with Crippen molar-refractivity contribution in [2.45, 2.75) is 24.8 Å². The van der Waals surface area contributed by atoms with Crippen LogP contribution in [-0.2, 0) is 16.6 Å². The second-order valence-electron chi connectivity index (χ2n) is 4.54. The summed E-state index contributed by atoms with van der Waals surface area (Å²) in [6, 6.07) is 2.29. The van der Waals surface area contributed by atoms with Gasteiger partial charge in [0.15, 0.2) is 0 Å². The van der Waals surface area contributed by atoms with Gasteiger partial charge < -0.3 is 5.32 Å². The van der Waals surface area contributed by atoms with Gasteiger partial charge >= 0.3 is 0 Å². The smallest absolute Gasteiger partial charge is 0.253 e. The zero-order valence-corrected chi connectivity index (χ0v) is 13.3. The van der Waals surface area contributed by atoms with Crippen LogP contribution in [0.1, 0.15) is 18.9 Å². The van der Waals surface area contributed by atoms with Crippen molar-refractivity contribution in [1.29, 1.82) is 0 Å². The van der Waals surface area contributed by atoms with Crippen molar-refractivity contribution in [2.24, 2.45) is 0 Å². The van der Waals surface area contributed by atoms with E-state index in [1.54, 1.807) is 0 Å². The van der Waals surface area contributed by atoms with Crippen molar-refractivity contribution in [3.63, 3.8) is 0 Å². The number of rotatable bonds is 7. The number of nitrogens with one attached hydrogen (secondary N) is 2. The molecule has 0 saturated carbocycles. The molecule has 0 aliphatic heterocycles. The Labute approximate surface area is 124 Å². The number of hydrazine groups is 1. The van der Waals surface area contributed by atoms with Crippen LogP contribution in [0.5, 0.6) is 0 Å². The van der Waals surface area contributed by atoms with Gasteiger partial charge in [-0.3, -0.25) is 0 Å². The first-order valence-corrected chi connectivity index (χ1v) is 8.02. The third-order valence-corrected chi connectivity index (χ3v) is 4.32. The van der Waals surface area contributed by atoms with Crippen molar-refractivity contribution in [3.05, 3.63) is 28.5 Å². The summed E-state index contributed by atoms with van der Waals surface area (Å²) in [7, 11) is -0.732. The fourth-order valence-corrected chi connectivity index (χ4v) is 2.91. The topological polar surface area (TPSA) is 61.4 Å². The summed E-state index contributed by atoms with van der Waals surface area (Å²) in [6.45, 7) is 3.05. The Morgan fingerprint density at radius 2 is 2.00 bits per heavy atom. The monoisotopic (exact) mass is 323 g/mol. The Bertz CT molecular complexity index is 564. The second-order valence-corrected chi connectivity index (χ2v) is 6.58. The minimum absolute atomic E-state index is 0.0580. The molecule has 0 radical (unpaired) electrons. The lowest BCUT2D eigenvalue weighted by molar-refractivity contribution is 0.364. The number of halogens is 2. The first-order chi connectivity index (χ1) is 9.27. The highest BCUT2D eigenvalue weighted by Gasteiger charge is 2.19. The molecule has 8 heteroatoms. The molecule has 0 saturated heterocycles. The molecule has 0 amide bonds. The molecule has 0 spiro atoms. The fraction of sp³-hybridized carbons (Fsp3) is 0.500. The van der Waals surface area contributed by atoms with Gasteiger partial charge in [-0.05, 0) is 30.7 Å². The van der Waals surface area contributed by atoms with E-state index in [1.165, 1.54) is 25.2 Å². The fourth-order valence-electron chi connectivity index (χ4n) is 1.60. The molecular formula is C12H19ClFN3O2S. The van der Waals surface area contributed by atoms with E-state index in [0.29, 0.717) is 12.1 Å². The van der Waals surface area contributed by atoms with E-state index in [4.69, 9.17) is 11.6 Å². The largest absolute Gasteiger partial charge is 0.313 e. The molecule has 0 aliphatic rings. The van der Waals surface area contributed by atoms with Crippen molar-refractivity contribution in [3.8, 4) is 0 Å². The van der Waals surface area contributed by atoms with Gasteiger partial charge in [-0.15, -0.1) is 4.83 Å². The first kappa shape index (κ1) is 17.3. The number of sulfonamides is 1.